The number of hydrogen-bond donors (Lipinski definition) is 1. The lowest BCUT2D eigenvalue weighted by Crippen LogP contribution is -2.36. The summed E-state index contributed by atoms with van der Waals surface area (Å²) in [5.41, 5.74) is 1.56. The number of alkyl halides is 2. The fourth-order valence-corrected chi connectivity index (χ4v) is 4.47. The number of rotatable bonds is 5. The van der Waals surface area contributed by atoms with Gasteiger partial charge in [0.1, 0.15) is 5.82 Å². The van der Waals surface area contributed by atoms with E-state index in [9.17, 15) is 17.2 Å². The van der Waals surface area contributed by atoms with Crippen molar-refractivity contribution >= 4 is 21.1 Å². The summed E-state index contributed by atoms with van der Waals surface area (Å²) in [6, 6.07) is 7.37. The Kier molecular flexibility index (Phi) is 4.14. The van der Waals surface area contributed by atoms with Gasteiger partial charge >= 0.3 is 0 Å². The fourth-order valence-electron chi connectivity index (χ4n) is 2.98. The standard InChI is InChI=1S/C15H19F2N3O2S/c1-20(9-14-18-12-6-2-3-7-13(12)19-14)23(21,22)10-11-5-4-8-15(11,16)17/h2-3,6-7,11H,4-5,8-10H2,1H3,(H,18,19). The van der Waals surface area contributed by atoms with E-state index in [1.165, 1.54) is 7.05 Å². The molecule has 23 heavy (non-hydrogen) atoms. The topological polar surface area (TPSA) is 66.1 Å². The van der Waals surface area contributed by atoms with Gasteiger partial charge in [-0.15, -0.1) is 0 Å². The summed E-state index contributed by atoms with van der Waals surface area (Å²) in [5.74, 6) is -4.00. The zero-order chi connectivity index (χ0) is 16.7. The molecule has 1 atom stereocenters. The molecule has 2 aromatic rings. The van der Waals surface area contributed by atoms with Crippen molar-refractivity contribution in [3.05, 3.63) is 30.1 Å². The summed E-state index contributed by atoms with van der Waals surface area (Å²) < 4.78 is 53.1. The number of sulfonamides is 1. The summed E-state index contributed by atoms with van der Waals surface area (Å²) in [5, 5.41) is 0. The highest BCUT2D eigenvalue weighted by molar-refractivity contribution is 7.89. The van der Waals surface area contributed by atoms with Gasteiger partial charge in [-0.25, -0.2) is 22.2 Å². The third-order valence-electron chi connectivity index (χ3n) is 4.36. The van der Waals surface area contributed by atoms with Crippen LogP contribution in [0.1, 0.15) is 25.1 Å². The number of para-hydroxylation sites is 2. The Balaban J connectivity index is 1.72. The molecule has 0 saturated heterocycles. The van der Waals surface area contributed by atoms with E-state index in [0.29, 0.717) is 12.2 Å². The van der Waals surface area contributed by atoms with E-state index >= 15 is 0 Å². The molecule has 0 amide bonds. The van der Waals surface area contributed by atoms with Crippen molar-refractivity contribution in [2.45, 2.75) is 31.7 Å². The molecule has 3 rings (SSSR count). The second-order valence-electron chi connectivity index (χ2n) is 6.09. The molecule has 1 N–H and O–H groups in total. The number of benzene rings is 1. The molecule has 1 aliphatic rings. The Hall–Kier alpha value is -1.54. The molecule has 1 saturated carbocycles. The van der Waals surface area contributed by atoms with Crippen molar-refractivity contribution in [3.63, 3.8) is 0 Å². The monoisotopic (exact) mass is 343 g/mol. The van der Waals surface area contributed by atoms with Gasteiger partial charge in [-0.2, -0.15) is 4.31 Å². The van der Waals surface area contributed by atoms with Crippen LogP contribution >= 0.6 is 0 Å². The number of nitrogens with one attached hydrogen (secondary N) is 1. The molecule has 126 valence electrons. The van der Waals surface area contributed by atoms with Crippen LogP contribution in [0, 0.1) is 5.92 Å². The van der Waals surface area contributed by atoms with Crippen LogP contribution in [0.4, 0.5) is 8.78 Å². The van der Waals surface area contributed by atoms with Crippen LogP contribution in [0.3, 0.4) is 0 Å². The van der Waals surface area contributed by atoms with Gasteiger partial charge in [0.25, 0.3) is 5.92 Å². The Morgan fingerprint density at radius 3 is 2.78 bits per heavy atom. The lowest BCUT2D eigenvalue weighted by molar-refractivity contribution is -0.0290. The van der Waals surface area contributed by atoms with Crippen LogP contribution in [0.2, 0.25) is 0 Å². The molecule has 0 aliphatic heterocycles. The predicted octanol–water partition coefficient (Wildman–Crippen LogP) is 2.76. The average molecular weight is 343 g/mol. The van der Waals surface area contributed by atoms with E-state index < -0.39 is 27.6 Å². The number of hydrogen-bond acceptors (Lipinski definition) is 3. The lowest BCUT2D eigenvalue weighted by atomic mass is 10.1. The van der Waals surface area contributed by atoms with Crippen molar-refractivity contribution in [1.82, 2.24) is 14.3 Å². The van der Waals surface area contributed by atoms with Crippen molar-refractivity contribution in [1.29, 1.82) is 0 Å². The number of aromatic nitrogens is 2. The van der Waals surface area contributed by atoms with Crippen LogP contribution in [-0.4, -0.2) is 41.4 Å². The molecular formula is C15H19F2N3O2S. The van der Waals surface area contributed by atoms with Crippen LogP contribution in [-0.2, 0) is 16.6 Å². The fraction of sp³-hybridized carbons (Fsp3) is 0.533. The maximum atomic E-state index is 13.7. The van der Waals surface area contributed by atoms with Gasteiger partial charge in [0, 0.05) is 19.4 Å². The first kappa shape index (κ1) is 16.3. The summed E-state index contributed by atoms with van der Waals surface area (Å²) >= 11 is 0. The maximum absolute atomic E-state index is 13.7. The lowest BCUT2D eigenvalue weighted by Gasteiger charge is -2.22. The Bertz CT molecular complexity index is 771. The predicted molar refractivity (Wildman–Crippen MR) is 83.6 cm³/mol. The summed E-state index contributed by atoms with van der Waals surface area (Å²) in [6.07, 6.45) is 0.408. The molecule has 0 bridgehead atoms. The van der Waals surface area contributed by atoms with Crippen molar-refractivity contribution in [2.24, 2.45) is 5.92 Å². The number of H-pyrrole nitrogens is 1. The zero-order valence-corrected chi connectivity index (χ0v) is 13.6. The molecule has 1 unspecified atom stereocenters. The highest BCUT2D eigenvalue weighted by Gasteiger charge is 2.46. The molecule has 1 aromatic carbocycles. The molecule has 1 aromatic heterocycles. The Labute approximate surface area is 133 Å². The van der Waals surface area contributed by atoms with E-state index in [2.05, 4.69) is 9.97 Å². The summed E-state index contributed by atoms with van der Waals surface area (Å²) in [4.78, 5) is 7.36. The zero-order valence-electron chi connectivity index (χ0n) is 12.8. The first-order valence-electron chi connectivity index (χ1n) is 7.53. The molecule has 8 heteroatoms. The molecule has 1 fully saturated rings. The van der Waals surface area contributed by atoms with Crippen LogP contribution in [0.25, 0.3) is 11.0 Å². The highest BCUT2D eigenvalue weighted by atomic mass is 32.2. The average Bonchev–Trinajstić information content (AvgIpc) is 3.01. The van der Waals surface area contributed by atoms with Crippen molar-refractivity contribution in [3.8, 4) is 0 Å². The maximum Gasteiger partial charge on any atom is 0.251 e. The molecule has 1 heterocycles. The largest absolute Gasteiger partial charge is 0.341 e. The number of halogens is 2. The minimum atomic E-state index is -3.76. The number of imidazole rings is 1. The third-order valence-corrected chi connectivity index (χ3v) is 6.26. The number of fused-ring (bicyclic) bond motifs is 1. The normalized spacial score (nSPS) is 21.3. The van der Waals surface area contributed by atoms with Gasteiger partial charge in [0.15, 0.2) is 0 Å². The van der Waals surface area contributed by atoms with Crippen LogP contribution in [0.5, 0.6) is 0 Å². The summed E-state index contributed by atoms with van der Waals surface area (Å²) in [7, 11) is -2.36. The van der Waals surface area contributed by atoms with Gasteiger partial charge in [-0.3, -0.25) is 0 Å². The second-order valence-corrected chi connectivity index (χ2v) is 8.21. The minimum Gasteiger partial charge on any atom is -0.341 e. The quantitative estimate of drug-likeness (QED) is 0.908. The molecule has 0 radical (unpaired) electrons. The van der Waals surface area contributed by atoms with Gasteiger partial charge in [-0.1, -0.05) is 12.1 Å². The van der Waals surface area contributed by atoms with Crippen molar-refractivity contribution in [2.75, 3.05) is 12.8 Å². The molecular weight excluding hydrogens is 324 g/mol. The van der Waals surface area contributed by atoms with E-state index in [0.717, 1.165) is 15.3 Å². The van der Waals surface area contributed by atoms with Crippen molar-refractivity contribution < 1.29 is 17.2 Å². The minimum absolute atomic E-state index is 0.0370. The third kappa shape index (κ3) is 3.37. The molecule has 1 aliphatic carbocycles. The Morgan fingerprint density at radius 2 is 2.13 bits per heavy atom. The van der Waals surface area contributed by atoms with E-state index in [-0.39, 0.29) is 19.4 Å². The van der Waals surface area contributed by atoms with E-state index in [4.69, 9.17) is 0 Å². The first-order valence-corrected chi connectivity index (χ1v) is 9.14. The van der Waals surface area contributed by atoms with Gasteiger partial charge in [-0.05, 0) is 25.0 Å². The van der Waals surface area contributed by atoms with Crippen LogP contribution in [0.15, 0.2) is 24.3 Å². The van der Waals surface area contributed by atoms with Gasteiger partial charge in [0.05, 0.1) is 23.3 Å². The molecule has 0 spiro atoms. The first-order chi connectivity index (χ1) is 10.8. The Morgan fingerprint density at radius 1 is 1.39 bits per heavy atom. The summed E-state index contributed by atoms with van der Waals surface area (Å²) in [6.45, 7) is 0.0370. The van der Waals surface area contributed by atoms with Crippen LogP contribution < -0.4 is 0 Å². The SMILES string of the molecule is CN(Cc1nc2ccccc2[nH]1)S(=O)(=O)CC1CCCC1(F)F. The van der Waals surface area contributed by atoms with Gasteiger partial charge < -0.3 is 4.98 Å². The van der Waals surface area contributed by atoms with Gasteiger partial charge in [0.2, 0.25) is 10.0 Å². The van der Waals surface area contributed by atoms with E-state index in [1.807, 2.05) is 24.3 Å². The number of nitrogens with zero attached hydrogens (tertiary/aromatic N) is 2. The highest BCUT2D eigenvalue weighted by Crippen LogP contribution is 2.41. The molecule has 5 nitrogen and oxygen atoms in total. The second kappa shape index (κ2) is 5.83. The number of aromatic amines is 1. The smallest absolute Gasteiger partial charge is 0.251 e. The van der Waals surface area contributed by atoms with E-state index in [1.54, 1.807) is 0 Å².